The zero-order valence-corrected chi connectivity index (χ0v) is 13.6. The van der Waals surface area contributed by atoms with Gasteiger partial charge in [0.25, 0.3) is 0 Å². The number of likely N-dealkylation sites (N-methyl/N-ethyl adjacent to an activating group) is 1. The van der Waals surface area contributed by atoms with Gasteiger partial charge in [-0.2, -0.15) is 0 Å². The van der Waals surface area contributed by atoms with E-state index >= 15 is 0 Å². The first-order chi connectivity index (χ1) is 9.19. The fourth-order valence-corrected chi connectivity index (χ4v) is 2.58. The summed E-state index contributed by atoms with van der Waals surface area (Å²) in [6.07, 6.45) is 0. The van der Waals surface area contributed by atoms with Gasteiger partial charge in [0, 0.05) is 32.7 Å². The fraction of sp³-hybridized carbons (Fsp3) is 0.625. The Bertz CT molecular complexity index is 403. The second-order valence-corrected chi connectivity index (χ2v) is 5.39. The molecule has 0 atom stereocenters. The van der Waals surface area contributed by atoms with Crippen molar-refractivity contribution >= 4 is 0 Å². The van der Waals surface area contributed by atoms with E-state index in [4.69, 9.17) is 4.74 Å². The Morgan fingerprint density at radius 3 is 2.30 bits per heavy atom. The molecule has 4 heteroatoms. The summed E-state index contributed by atoms with van der Waals surface area (Å²) in [4.78, 5) is 5.00. The first-order valence-electron chi connectivity index (χ1n) is 7.34. The van der Waals surface area contributed by atoms with Gasteiger partial charge in [0.05, 0.1) is 0 Å². The summed E-state index contributed by atoms with van der Waals surface area (Å²) in [5, 5.41) is 0. The van der Waals surface area contributed by atoms with Crippen LogP contribution in [0.2, 0.25) is 0 Å². The molecule has 114 valence electrons. The van der Waals surface area contributed by atoms with Gasteiger partial charge in [-0.25, -0.2) is 0 Å². The van der Waals surface area contributed by atoms with Gasteiger partial charge in [0.15, 0.2) is 0 Å². The molecule has 1 aliphatic rings. The van der Waals surface area contributed by atoms with Crippen molar-refractivity contribution in [3.05, 3.63) is 29.3 Å². The number of hydrogen-bond donors (Lipinski definition) is 0. The molecule has 0 amide bonds. The molecule has 1 heterocycles. The third-order valence-corrected chi connectivity index (χ3v) is 3.91. The zero-order valence-electron chi connectivity index (χ0n) is 12.9. The van der Waals surface area contributed by atoms with Crippen LogP contribution in [-0.4, -0.2) is 55.7 Å². The molecule has 1 aliphatic heterocycles. The summed E-state index contributed by atoms with van der Waals surface area (Å²) in [6.45, 7) is 14.2. The molecule has 1 aromatic rings. The minimum atomic E-state index is 0. The summed E-state index contributed by atoms with van der Waals surface area (Å²) in [5.74, 6) is 1.03. The van der Waals surface area contributed by atoms with Crippen LogP contribution >= 0.6 is 0 Å². The van der Waals surface area contributed by atoms with E-state index in [-0.39, 0.29) is 12.4 Å². The molecule has 20 heavy (non-hydrogen) atoms. The highest BCUT2D eigenvalue weighted by Crippen LogP contribution is 2.18. The third-order valence-electron chi connectivity index (χ3n) is 3.91. The van der Waals surface area contributed by atoms with Crippen LogP contribution in [-0.2, 0) is 0 Å². The van der Waals surface area contributed by atoms with Crippen molar-refractivity contribution in [2.75, 3.05) is 45.9 Å². The first-order valence-corrected chi connectivity index (χ1v) is 7.34. The van der Waals surface area contributed by atoms with E-state index in [0.29, 0.717) is 0 Å². The molecule has 0 N–H and O–H groups in total. The summed E-state index contributed by atoms with van der Waals surface area (Å²) in [6, 6.07) is 6.37. The summed E-state index contributed by atoms with van der Waals surface area (Å²) < 4.78 is 5.89. The van der Waals surface area contributed by atoms with Crippen LogP contribution in [0.25, 0.3) is 0 Å². The number of piperazine rings is 1. The van der Waals surface area contributed by atoms with Crippen molar-refractivity contribution in [1.29, 1.82) is 0 Å². The van der Waals surface area contributed by atoms with E-state index in [2.05, 4.69) is 48.8 Å². The highest BCUT2D eigenvalue weighted by molar-refractivity contribution is 5.35. The molecule has 1 aromatic carbocycles. The van der Waals surface area contributed by atoms with Crippen molar-refractivity contribution in [2.45, 2.75) is 20.8 Å². The van der Waals surface area contributed by atoms with Gasteiger partial charge in [-0.1, -0.05) is 24.6 Å². The Balaban J connectivity index is 0.00000200. The van der Waals surface area contributed by atoms with E-state index in [1.165, 1.54) is 43.9 Å². The molecule has 0 radical (unpaired) electrons. The lowest BCUT2D eigenvalue weighted by atomic mass is 10.1. The second-order valence-electron chi connectivity index (χ2n) is 5.39. The van der Waals surface area contributed by atoms with Gasteiger partial charge in [-0.15, -0.1) is 0 Å². The van der Waals surface area contributed by atoms with Crippen LogP contribution in [0.3, 0.4) is 0 Å². The average Bonchev–Trinajstić information content (AvgIpc) is 2.42. The van der Waals surface area contributed by atoms with Crippen LogP contribution < -0.4 is 17.1 Å². The number of halogens is 1. The van der Waals surface area contributed by atoms with Crippen LogP contribution in [0, 0.1) is 13.8 Å². The Hall–Kier alpha value is -0.770. The van der Waals surface area contributed by atoms with Gasteiger partial charge < -0.3 is 22.0 Å². The molecule has 2 rings (SSSR count). The average molecular weight is 298 g/mol. The smallest absolute Gasteiger partial charge is 0.122 e. The van der Waals surface area contributed by atoms with Gasteiger partial charge >= 0.3 is 0 Å². The van der Waals surface area contributed by atoms with Crippen LogP contribution in [0.15, 0.2) is 18.2 Å². The summed E-state index contributed by atoms with van der Waals surface area (Å²) in [5.41, 5.74) is 2.52. The van der Waals surface area contributed by atoms with E-state index < -0.39 is 0 Å². The number of ether oxygens (including phenoxy) is 1. The van der Waals surface area contributed by atoms with Crippen molar-refractivity contribution in [3.8, 4) is 5.75 Å². The Labute approximate surface area is 129 Å². The highest BCUT2D eigenvalue weighted by atomic mass is 35.5. The maximum absolute atomic E-state index is 5.89. The Kier molecular flexibility index (Phi) is 7.35. The number of aryl methyl sites for hydroxylation is 2. The summed E-state index contributed by atoms with van der Waals surface area (Å²) >= 11 is 0. The molecule has 1 saturated heterocycles. The predicted octanol–water partition coefficient (Wildman–Crippen LogP) is -0.676. The number of hydrogen-bond acceptors (Lipinski definition) is 3. The predicted molar refractivity (Wildman–Crippen MR) is 80.0 cm³/mol. The van der Waals surface area contributed by atoms with Gasteiger partial charge in [-0.3, -0.25) is 4.90 Å². The van der Waals surface area contributed by atoms with Crippen LogP contribution in [0.5, 0.6) is 5.75 Å². The number of nitrogens with zero attached hydrogens (tertiary/aromatic N) is 2. The van der Waals surface area contributed by atoms with Crippen molar-refractivity contribution in [3.63, 3.8) is 0 Å². The summed E-state index contributed by atoms with van der Waals surface area (Å²) in [7, 11) is 0. The largest absolute Gasteiger partial charge is 1.00 e. The SMILES string of the molecule is CCN1CCN(CCOc2ccc(C)cc2C)CC1.[Cl-]. The molecule has 3 nitrogen and oxygen atoms in total. The Morgan fingerprint density at radius 1 is 1.05 bits per heavy atom. The van der Waals surface area contributed by atoms with E-state index in [0.717, 1.165) is 18.9 Å². The van der Waals surface area contributed by atoms with Gasteiger partial charge in [0.2, 0.25) is 0 Å². The first kappa shape index (κ1) is 17.3. The monoisotopic (exact) mass is 297 g/mol. The molecule has 0 saturated carbocycles. The third kappa shape index (κ3) is 4.97. The van der Waals surface area contributed by atoms with Crippen LogP contribution in [0.4, 0.5) is 0 Å². The van der Waals surface area contributed by atoms with Crippen LogP contribution in [0.1, 0.15) is 18.1 Å². The number of rotatable bonds is 5. The normalized spacial score (nSPS) is 16.8. The minimum Gasteiger partial charge on any atom is -1.00 e. The maximum Gasteiger partial charge on any atom is 0.122 e. The molecular weight excluding hydrogens is 272 g/mol. The lowest BCUT2D eigenvalue weighted by Gasteiger charge is -2.33. The van der Waals surface area contributed by atoms with E-state index in [1.807, 2.05) is 0 Å². The minimum absolute atomic E-state index is 0. The number of benzene rings is 1. The topological polar surface area (TPSA) is 15.7 Å². The quantitative estimate of drug-likeness (QED) is 0.717. The van der Waals surface area contributed by atoms with Crippen molar-refractivity contribution in [2.24, 2.45) is 0 Å². The van der Waals surface area contributed by atoms with Crippen molar-refractivity contribution in [1.82, 2.24) is 9.80 Å². The molecule has 0 spiro atoms. The highest BCUT2D eigenvalue weighted by Gasteiger charge is 2.14. The lowest BCUT2D eigenvalue weighted by molar-refractivity contribution is -0.00000461. The molecule has 1 fully saturated rings. The Morgan fingerprint density at radius 2 is 1.70 bits per heavy atom. The van der Waals surface area contributed by atoms with Gasteiger partial charge in [-0.05, 0) is 32.0 Å². The van der Waals surface area contributed by atoms with E-state index in [1.54, 1.807) is 0 Å². The standard InChI is InChI=1S/C16H26N2O.ClH/c1-4-17-7-9-18(10-8-17)11-12-19-16-6-5-14(2)13-15(16)3;/h5-6,13H,4,7-12H2,1-3H3;1H/p-1. The molecule has 0 aromatic heterocycles. The van der Waals surface area contributed by atoms with E-state index in [9.17, 15) is 0 Å². The second kappa shape index (κ2) is 8.50. The molecule has 0 unspecified atom stereocenters. The van der Waals surface area contributed by atoms with Crippen molar-refractivity contribution < 1.29 is 17.1 Å². The molecule has 0 aliphatic carbocycles. The molecular formula is C16H26ClN2O-. The fourth-order valence-electron chi connectivity index (χ4n) is 2.58. The molecule has 0 bridgehead atoms. The zero-order chi connectivity index (χ0) is 13.7. The van der Waals surface area contributed by atoms with Gasteiger partial charge in [0.1, 0.15) is 12.4 Å². The lowest BCUT2D eigenvalue weighted by Crippen LogP contribution is -3.00. The maximum atomic E-state index is 5.89.